The highest BCUT2D eigenvalue weighted by Gasteiger charge is 2.30. The standard InChI is InChI=1S/C15H31NS/c1-4-5-7-10-14(2)16-13-15(17-3)11-8-6-9-12-15/h14,16H,4-13H2,1-3H3. The van der Waals surface area contributed by atoms with Crippen LogP contribution in [0, 0.1) is 0 Å². The lowest BCUT2D eigenvalue weighted by atomic mass is 9.88. The molecule has 1 atom stereocenters. The Morgan fingerprint density at radius 3 is 2.47 bits per heavy atom. The molecule has 1 nitrogen and oxygen atoms in total. The van der Waals surface area contributed by atoms with Crippen molar-refractivity contribution in [1.29, 1.82) is 0 Å². The van der Waals surface area contributed by atoms with Gasteiger partial charge in [-0.3, -0.25) is 0 Å². The number of hydrogen-bond acceptors (Lipinski definition) is 2. The molecule has 0 spiro atoms. The van der Waals surface area contributed by atoms with Crippen molar-refractivity contribution in [2.45, 2.75) is 82.4 Å². The van der Waals surface area contributed by atoms with Crippen molar-refractivity contribution >= 4 is 11.8 Å². The Labute approximate surface area is 113 Å². The Morgan fingerprint density at radius 1 is 1.18 bits per heavy atom. The van der Waals surface area contributed by atoms with Crippen LogP contribution in [-0.4, -0.2) is 23.6 Å². The van der Waals surface area contributed by atoms with Crippen LogP contribution < -0.4 is 5.32 Å². The molecule has 1 rings (SSSR count). The van der Waals surface area contributed by atoms with Crippen molar-refractivity contribution in [1.82, 2.24) is 5.32 Å². The second-order valence-corrected chi connectivity index (χ2v) is 7.00. The molecule has 1 aliphatic carbocycles. The Morgan fingerprint density at radius 2 is 1.88 bits per heavy atom. The van der Waals surface area contributed by atoms with Gasteiger partial charge in [0, 0.05) is 17.3 Å². The third-order valence-electron chi connectivity index (χ3n) is 4.21. The second kappa shape index (κ2) is 8.42. The van der Waals surface area contributed by atoms with E-state index in [2.05, 4.69) is 37.2 Å². The summed E-state index contributed by atoms with van der Waals surface area (Å²) >= 11 is 2.10. The molecular formula is C15H31NS. The number of nitrogens with one attached hydrogen (secondary N) is 1. The normalized spacial score (nSPS) is 21.4. The van der Waals surface area contributed by atoms with Crippen LogP contribution in [0.5, 0.6) is 0 Å². The van der Waals surface area contributed by atoms with Gasteiger partial charge in [-0.2, -0.15) is 11.8 Å². The fraction of sp³-hybridized carbons (Fsp3) is 1.00. The van der Waals surface area contributed by atoms with Crippen LogP contribution in [0.25, 0.3) is 0 Å². The van der Waals surface area contributed by atoms with Crippen molar-refractivity contribution < 1.29 is 0 Å². The molecule has 1 N–H and O–H groups in total. The Hall–Kier alpha value is 0.310. The van der Waals surface area contributed by atoms with Gasteiger partial charge >= 0.3 is 0 Å². The second-order valence-electron chi connectivity index (χ2n) is 5.73. The number of rotatable bonds is 8. The van der Waals surface area contributed by atoms with E-state index < -0.39 is 0 Å². The fourth-order valence-corrected chi connectivity index (χ4v) is 3.74. The Balaban J connectivity index is 2.21. The molecule has 0 amide bonds. The molecule has 2 heteroatoms. The zero-order valence-electron chi connectivity index (χ0n) is 12.1. The number of hydrogen-bond donors (Lipinski definition) is 1. The van der Waals surface area contributed by atoms with E-state index in [0.717, 1.165) is 0 Å². The first-order valence-corrected chi connectivity index (χ1v) is 8.73. The van der Waals surface area contributed by atoms with Crippen LogP contribution in [0.15, 0.2) is 0 Å². The summed E-state index contributed by atoms with van der Waals surface area (Å²) in [6.45, 7) is 5.86. The van der Waals surface area contributed by atoms with Crippen molar-refractivity contribution in [3.8, 4) is 0 Å². The first kappa shape index (κ1) is 15.4. The molecule has 0 aliphatic heterocycles. The largest absolute Gasteiger partial charge is 0.313 e. The lowest BCUT2D eigenvalue weighted by molar-refractivity contribution is 0.358. The Bertz CT molecular complexity index is 187. The molecule has 0 aromatic rings. The van der Waals surface area contributed by atoms with Crippen LogP contribution in [0.1, 0.15) is 71.6 Å². The molecule has 0 radical (unpaired) electrons. The van der Waals surface area contributed by atoms with Crippen LogP contribution in [0.3, 0.4) is 0 Å². The zero-order valence-corrected chi connectivity index (χ0v) is 12.9. The third kappa shape index (κ3) is 5.65. The van der Waals surface area contributed by atoms with Crippen molar-refractivity contribution in [3.63, 3.8) is 0 Å². The van der Waals surface area contributed by atoms with Crippen LogP contribution in [0.4, 0.5) is 0 Å². The molecule has 1 aliphatic rings. The van der Waals surface area contributed by atoms with E-state index in [1.54, 1.807) is 0 Å². The van der Waals surface area contributed by atoms with Crippen LogP contribution in [0.2, 0.25) is 0 Å². The first-order valence-electron chi connectivity index (χ1n) is 7.51. The summed E-state index contributed by atoms with van der Waals surface area (Å²) in [6, 6.07) is 0.701. The molecule has 102 valence electrons. The smallest absolute Gasteiger partial charge is 0.0281 e. The average molecular weight is 257 g/mol. The summed E-state index contributed by atoms with van der Waals surface area (Å²) < 4.78 is 0.553. The van der Waals surface area contributed by atoms with E-state index in [1.165, 1.54) is 64.3 Å². The summed E-state index contributed by atoms with van der Waals surface area (Å²) in [5.74, 6) is 0. The summed E-state index contributed by atoms with van der Waals surface area (Å²) in [5.41, 5.74) is 0. The topological polar surface area (TPSA) is 12.0 Å². The molecular weight excluding hydrogens is 226 g/mol. The van der Waals surface area contributed by atoms with E-state index in [1.807, 2.05) is 0 Å². The molecule has 17 heavy (non-hydrogen) atoms. The quantitative estimate of drug-likeness (QED) is 0.637. The van der Waals surface area contributed by atoms with Gasteiger partial charge < -0.3 is 5.32 Å². The molecule has 0 heterocycles. The van der Waals surface area contributed by atoms with E-state index >= 15 is 0 Å². The van der Waals surface area contributed by atoms with Crippen LogP contribution in [-0.2, 0) is 0 Å². The summed E-state index contributed by atoms with van der Waals surface area (Å²) in [6.07, 6.45) is 14.9. The van der Waals surface area contributed by atoms with Gasteiger partial charge in [0.1, 0.15) is 0 Å². The van der Waals surface area contributed by atoms with Gasteiger partial charge in [-0.1, -0.05) is 45.4 Å². The van der Waals surface area contributed by atoms with Gasteiger partial charge in [0.25, 0.3) is 0 Å². The van der Waals surface area contributed by atoms with Gasteiger partial charge in [-0.05, 0) is 32.4 Å². The Kier molecular flexibility index (Phi) is 7.61. The summed E-state index contributed by atoms with van der Waals surface area (Å²) in [5, 5.41) is 3.78. The van der Waals surface area contributed by atoms with Gasteiger partial charge in [0.15, 0.2) is 0 Å². The summed E-state index contributed by atoms with van der Waals surface area (Å²) in [4.78, 5) is 0. The maximum atomic E-state index is 3.78. The van der Waals surface area contributed by atoms with Gasteiger partial charge in [-0.25, -0.2) is 0 Å². The highest BCUT2D eigenvalue weighted by molar-refractivity contribution is 8.00. The van der Waals surface area contributed by atoms with Crippen molar-refractivity contribution in [2.24, 2.45) is 0 Å². The maximum absolute atomic E-state index is 3.78. The highest BCUT2D eigenvalue weighted by Crippen LogP contribution is 2.38. The predicted octanol–water partition coefficient (Wildman–Crippen LogP) is 4.61. The van der Waals surface area contributed by atoms with E-state index in [4.69, 9.17) is 0 Å². The molecule has 1 saturated carbocycles. The van der Waals surface area contributed by atoms with E-state index in [0.29, 0.717) is 10.8 Å². The molecule has 1 fully saturated rings. The van der Waals surface area contributed by atoms with Gasteiger partial charge in [0.05, 0.1) is 0 Å². The van der Waals surface area contributed by atoms with Crippen molar-refractivity contribution in [2.75, 3.05) is 12.8 Å². The van der Waals surface area contributed by atoms with E-state index in [-0.39, 0.29) is 0 Å². The van der Waals surface area contributed by atoms with E-state index in [9.17, 15) is 0 Å². The maximum Gasteiger partial charge on any atom is 0.0281 e. The summed E-state index contributed by atoms with van der Waals surface area (Å²) in [7, 11) is 0. The lowest BCUT2D eigenvalue weighted by Crippen LogP contribution is -2.42. The average Bonchev–Trinajstić information content (AvgIpc) is 2.38. The minimum atomic E-state index is 0.553. The molecule has 1 unspecified atom stereocenters. The molecule has 0 aromatic carbocycles. The minimum Gasteiger partial charge on any atom is -0.313 e. The van der Waals surface area contributed by atoms with Crippen LogP contribution >= 0.6 is 11.8 Å². The van der Waals surface area contributed by atoms with Gasteiger partial charge in [0.2, 0.25) is 0 Å². The third-order valence-corrected chi connectivity index (χ3v) is 5.63. The SMILES string of the molecule is CCCCCC(C)NCC1(SC)CCCCC1. The van der Waals surface area contributed by atoms with Gasteiger partial charge in [-0.15, -0.1) is 0 Å². The predicted molar refractivity (Wildman–Crippen MR) is 80.9 cm³/mol. The number of thioether (sulfide) groups is 1. The minimum absolute atomic E-state index is 0.553. The molecule has 0 aromatic heterocycles. The molecule has 0 saturated heterocycles. The molecule has 0 bridgehead atoms. The zero-order chi connectivity index (χ0) is 12.6. The highest BCUT2D eigenvalue weighted by atomic mass is 32.2. The number of unbranched alkanes of at least 4 members (excludes halogenated alkanes) is 2. The first-order chi connectivity index (χ1) is 8.22. The monoisotopic (exact) mass is 257 g/mol. The fourth-order valence-electron chi connectivity index (χ4n) is 2.81. The lowest BCUT2D eigenvalue weighted by Gasteiger charge is -2.37. The van der Waals surface area contributed by atoms with Crippen molar-refractivity contribution in [3.05, 3.63) is 0 Å².